The predicted molar refractivity (Wildman–Crippen MR) is 123 cm³/mol. The zero-order chi connectivity index (χ0) is 22.9. The molecular weight excluding hydrogens is 430 g/mol. The number of fused-ring (bicyclic) bond motifs is 1. The molecule has 1 fully saturated rings. The largest absolute Gasteiger partial charge is 0.365 e. The van der Waals surface area contributed by atoms with E-state index in [1.807, 2.05) is 29.2 Å². The van der Waals surface area contributed by atoms with Crippen LogP contribution in [0.3, 0.4) is 0 Å². The quantitative estimate of drug-likeness (QED) is 0.425. The van der Waals surface area contributed by atoms with Gasteiger partial charge in [-0.25, -0.2) is 13.4 Å². The molecular formula is C22H27N5O4S. The summed E-state index contributed by atoms with van der Waals surface area (Å²) in [4.78, 5) is 21.4. The minimum Gasteiger partial charge on any atom is -0.365 e. The van der Waals surface area contributed by atoms with E-state index in [1.165, 1.54) is 16.4 Å². The second kappa shape index (κ2) is 8.87. The van der Waals surface area contributed by atoms with Crippen LogP contribution < -0.4 is 4.90 Å². The molecule has 0 amide bonds. The summed E-state index contributed by atoms with van der Waals surface area (Å²) >= 11 is 0. The van der Waals surface area contributed by atoms with Crippen molar-refractivity contribution >= 4 is 32.4 Å². The summed E-state index contributed by atoms with van der Waals surface area (Å²) in [5, 5.41) is 11.9. The number of hydrogen-bond acceptors (Lipinski definition) is 6. The van der Waals surface area contributed by atoms with E-state index in [4.69, 9.17) is 4.98 Å². The van der Waals surface area contributed by atoms with Gasteiger partial charge in [0.15, 0.2) is 0 Å². The van der Waals surface area contributed by atoms with E-state index in [0.717, 1.165) is 29.7 Å². The fourth-order valence-corrected chi connectivity index (χ4v) is 5.85. The molecule has 10 heteroatoms. The van der Waals surface area contributed by atoms with E-state index in [1.54, 1.807) is 19.9 Å². The number of rotatable bonds is 7. The Kier molecular flexibility index (Phi) is 6.16. The van der Waals surface area contributed by atoms with Crippen LogP contribution >= 0.6 is 0 Å². The number of piperidine rings is 1. The highest BCUT2D eigenvalue weighted by molar-refractivity contribution is 7.89. The lowest BCUT2D eigenvalue weighted by molar-refractivity contribution is -0.384. The van der Waals surface area contributed by atoms with Gasteiger partial charge in [-0.1, -0.05) is 26.0 Å². The first kappa shape index (κ1) is 22.2. The van der Waals surface area contributed by atoms with Crippen LogP contribution in [0.1, 0.15) is 38.4 Å². The van der Waals surface area contributed by atoms with E-state index in [-0.39, 0.29) is 16.5 Å². The molecule has 2 aromatic carbocycles. The van der Waals surface area contributed by atoms with Gasteiger partial charge < -0.3 is 9.88 Å². The number of aromatic amines is 1. The van der Waals surface area contributed by atoms with Gasteiger partial charge in [-0.05, 0) is 37.1 Å². The maximum Gasteiger partial charge on any atom is 0.293 e. The van der Waals surface area contributed by atoms with Gasteiger partial charge in [-0.3, -0.25) is 10.1 Å². The van der Waals surface area contributed by atoms with Gasteiger partial charge in [0.1, 0.15) is 11.5 Å². The van der Waals surface area contributed by atoms with Crippen molar-refractivity contribution in [2.75, 3.05) is 31.1 Å². The Morgan fingerprint density at radius 2 is 1.97 bits per heavy atom. The molecule has 32 heavy (non-hydrogen) atoms. The molecule has 9 nitrogen and oxygen atoms in total. The molecule has 1 atom stereocenters. The van der Waals surface area contributed by atoms with Crippen LogP contribution in [0, 0.1) is 10.1 Å². The van der Waals surface area contributed by atoms with Crippen LogP contribution in [0.25, 0.3) is 11.0 Å². The number of imidazole rings is 1. The molecule has 1 unspecified atom stereocenters. The lowest BCUT2D eigenvalue weighted by Crippen LogP contribution is -2.35. The van der Waals surface area contributed by atoms with Crippen LogP contribution in [0.2, 0.25) is 0 Å². The molecule has 1 aliphatic heterocycles. The maximum absolute atomic E-state index is 12.9. The van der Waals surface area contributed by atoms with Gasteiger partial charge >= 0.3 is 0 Å². The summed E-state index contributed by atoms with van der Waals surface area (Å²) in [6.07, 6.45) is 1.79. The van der Waals surface area contributed by atoms with Gasteiger partial charge in [-0.15, -0.1) is 0 Å². The van der Waals surface area contributed by atoms with E-state index in [9.17, 15) is 18.5 Å². The first-order valence-electron chi connectivity index (χ1n) is 10.8. The highest BCUT2D eigenvalue weighted by atomic mass is 32.2. The molecule has 170 valence electrons. The zero-order valence-corrected chi connectivity index (χ0v) is 19.0. The third-order valence-corrected chi connectivity index (χ3v) is 8.09. The fraction of sp³-hybridized carbons (Fsp3) is 0.409. The Morgan fingerprint density at radius 3 is 2.66 bits per heavy atom. The standard InChI is InChI=1S/C22H27N5O4S/c1-3-26(4-2)32(30,31)17-11-12-20(21(14-17)27(28)29)25-13-7-8-16(15-25)22-23-18-9-5-6-10-19(18)24-22/h5-6,9-12,14,16H,3-4,7-8,13,15H2,1-2H3,(H,23,24). The summed E-state index contributed by atoms with van der Waals surface area (Å²) in [6.45, 7) is 5.34. The number of sulfonamides is 1. The van der Waals surface area contributed by atoms with Crippen LogP contribution in [0.15, 0.2) is 47.4 Å². The molecule has 1 N–H and O–H groups in total. The van der Waals surface area contributed by atoms with Crippen molar-refractivity contribution in [1.82, 2.24) is 14.3 Å². The second-order valence-electron chi connectivity index (χ2n) is 7.92. The summed E-state index contributed by atoms with van der Waals surface area (Å²) < 4.78 is 27.0. The molecule has 0 spiro atoms. The van der Waals surface area contributed by atoms with Crippen molar-refractivity contribution < 1.29 is 13.3 Å². The lowest BCUT2D eigenvalue weighted by atomic mass is 9.96. The summed E-state index contributed by atoms with van der Waals surface area (Å²) in [6, 6.07) is 12.1. The van der Waals surface area contributed by atoms with Crippen molar-refractivity contribution in [1.29, 1.82) is 0 Å². The SMILES string of the molecule is CCN(CC)S(=O)(=O)c1ccc(N2CCCC(c3nc4ccccc4[nH]3)C2)c([N+](=O)[O-])c1. The molecule has 1 saturated heterocycles. The third kappa shape index (κ3) is 4.07. The highest BCUT2D eigenvalue weighted by Gasteiger charge is 2.30. The van der Waals surface area contributed by atoms with E-state index >= 15 is 0 Å². The fourth-order valence-electron chi connectivity index (χ4n) is 4.37. The molecule has 0 aliphatic carbocycles. The topological polar surface area (TPSA) is 112 Å². The van der Waals surface area contributed by atoms with Crippen molar-refractivity contribution in [2.45, 2.75) is 37.5 Å². The Labute approximate surface area is 187 Å². The number of nitro groups is 1. The van der Waals surface area contributed by atoms with Crippen molar-refractivity contribution in [2.24, 2.45) is 0 Å². The van der Waals surface area contributed by atoms with Gasteiger partial charge in [-0.2, -0.15) is 4.31 Å². The number of benzene rings is 2. The van der Waals surface area contributed by atoms with E-state index < -0.39 is 14.9 Å². The van der Waals surface area contributed by atoms with Gasteiger partial charge in [0.25, 0.3) is 5.69 Å². The van der Waals surface area contributed by atoms with E-state index in [0.29, 0.717) is 31.9 Å². The minimum absolute atomic E-state index is 0.0532. The van der Waals surface area contributed by atoms with Crippen molar-refractivity contribution in [3.05, 3.63) is 58.4 Å². The average Bonchev–Trinajstić information content (AvgIpc) is 3.24. The van der Waals surface area contributed by atoms with Crippen molar-refractivity contribution in [3.8, 4) is 0 Å². The van der Waals surface area contributed by atoms with Crippen LogP contribution in [-0.2, 0) is 10.0 Å². The third-order valence-electron chi connectivity index (χ3n) is 6.04. The van der Waals surface area contributed by atoms with Gasteiger partial charge in [0.2, 0.25) is 10.0 Å². The van der Waals surface area contributed by atoms with Crippen LogP contribution in [0.5, 0.6) is 0 Å². The van der Waals surface area contributed by atoms with Crippen molar-refractivity contribution in [3.63, 3.8) is 0 Å². The molecule has 1 aliphatic rings. The number of aromatic nitrogens is 2. The minimum atomic E-state index is -3.78. The molecule has 0 bridgehead atoms. The Morgan fingerprint density at radius 1 is 1.22 bits per heavy atom. The monoisotopic (exact) mass is 457 g/mol. The molecule has 0 saturated carbocycles. The number of hydrogen-bond donors (Lipinski definition) is 1. The number of nitrogens with one attached hydrogen (secondary N) is 1. The zero-order valence-electron chi connectivity index (χ0n) is 18.2. The summed E-state index contributed by atoms with van der Waals surface area (Å²) in [5.74, 6) is 0.981. The Balaban J connectivity index is 1.65. The lowest BCUT2D eigenvalue weighted by Gasteiger charge is -2.33. The number of para-hydroxylation sites is 2. The Bertz CT molecular complexity index is 1200. The first-order valence-corrected chi connectivity index (χ1v) is 12.3. The smallest absolute Gasteiger partial charge is 0.293 e. The summed E-state index contributed by atoms with van der Waals surface area (Å²) in [5.41, 5.74) is 2.12. The number of H-pyrrole nitrogens is 1. The predicted octanol–water partition coefficient (Wildman–Crippen LogP) is 3.89. The second-order valence-corrected chi connectivity index (χ2v) is 9.86. The molecule has 2 heterocycles. The number of nitrogens with zero attached hydrogens (tertiary/aromatic N) is 4. The normalized spacial score (nSPS) is 17.2. The average molecular weight is 458 g/mol. The Hall–Kier alpha value is -2.98. The molecule has 3 aromatic rings. The van der Waals surface area contributed by atoms with Gasteiger partial charge in [0.05, 0.1) is 20.9 Å². The van der Waals surface area contributed by atoms with Crippen LogP contribution in [0.4, 0.5) is 11.4 Å². The van der Waals surface area contributed by atoms with Gasteiger partial charge in [0, 0.05) is 38.2 Å². The van der Waals surface area contributed by atoms with Crippen LogP contribution in [-0.4, -0.2) is 53.8 Å². The maximum atomic E-state index is 12.9. The first-order chi connectivity index (χ1) is 15.3. The molecule has 1 aromatic heterocycles. The molecule has 4 rings (SSSR count). The van der Waals surface area contributed by atoms with E-state index in [2.05, 4.69) is 4.98 Å². The number of nitro benzene ring substituents is 1. The highest BCUT2D eigenvalue weighted by Crippen LogP contribution is 2.36. The molecule has 0 radical (unpaired) electrons. The number of anilines is 1. The summed E-state index contributed by atoms with van der Waals surface area (Å²) in [7, 11) is -3.78.